The van der Waals surface area contributed by atoms with E-state index < -0.39 is 0 Å². The molecule has 0 unspecified atom stereocenters. The molecular formula is C15H23N2O+. The fraction of sp³-hybridized carbons (Fsp3) is 0.533. The van der Waals surface area contributed by atoms with E-state index in [1.807, 2.05) is 12.1 Å². The maximum atomic E-state index is 8.68. The lowest BCUT2D eigenvalue weighted by molar-refractivity contribution is 0.266. The molecule has 0 aliphatic carbocycles. The molecule has 0 saturated heterocycles. The summed E-state index contributed by atoms with van der Waals surface area (Å²) in [7, 11) is 0. The van der Waals surface area contributed by atoms with E-state index in [4.69, 9.17) is 10.00 Å². The molecule has 0 spiro atoms. The second-order valence-corrected chi connectivity index (χ2v) is 4.22. The second kappa shape index (κ2) is 8.54. The maximum Gasteiger partial charge on any atom is 1.00 e. The minimum absolute atomic E-state index is 0. The number of nitriles is 1. The molecule has 0 N–H and O–H groups in total. The van der Waals surface area contributed by atoms with E-state index in [2.05, 4.69) is 24.8 Å². The standard InChI is InChI=1S/C15H22N2O/c1-3-17(4-2)11-5-6-12-18-15-9-7-14(13-16)8-10-15/h7-10H,3-6,11-12H2,1-2H3/p+1. The van der Waals surface area contributed by atoms with E-state index in [9.17, 15) is 0 Å². The van der Waals surface area contributed by atoms with Crippen LogP contribution in [0.4, 0.5) is 0 Å². The van der Waals surface area contributed by atoms with E-state index in [0.717, 1.165) is 44.8 Å². The largest absolute Gasteiger partial charge is 1.00 e. The van der Waals surface area contributed by atoms with Crippen LogP contribution < -0.4 is 4.74 Å². The molecule has 0 fully saturated rings. The van der Waals surface area contributed by atoms with Crippen molar-refractivity contribution in [2.45, 2.75) is 26.7 Å². The van der Waals surface area contributed by atoms with E-state index in [1.165, 1.54) is 0 Å². The minimum atomic E-state index is 0. The molecule has 0 bridgehead atoms. The first-order valence-corrected chi connectivity index (χ1v) is 6.65. The topological polar surface area (TPSA) is 36.3 Å². The quantitative estimate of drug-likeness (QED) is 0.662. The third-order valence-corrected chi connectivity index (χ3v) is 3.02. The van der Waals surface area contributed by atoms with Crippen LogP contribution in [0.3, 0.4) is 0 Å². The van der Waals surface area contributed by atoms with Crippen molar-refractivity contribution in [3.8, 4) is 11.8 Å². The minimum Gasteiger partial charge on any atom is -0.494 e. The fourth-order valence-electron chi connectivity index (χ4n) is 1.79. The van der Waals surface area contributed by atoms with Crippen molar-refractivity contribution in [2.75, 3.05) is 26.2 Å². The molecule has 18 heavy (non-hydrogen) atoms. The number of rotatable bonds is 8. The Kier molecular flexibility index (Phi) is 6.90. The predicted octanol–water partition coefficient (Wildman–Crippen LogP) is 3.17. The number of benzene rings is 1. The molecular weight excluding hydrogens is 224 g/mol. The van der Waals surface area contributed by atoms with Crippen LogP contribution in [-0.4, -0.2) is 31.1 Å². The van der Waals surface area contributed by atoms with Crippen LogP contribution in [0.1, 0.15) is 33.7 Å². The highest BCUT2D eigenvalue weighted by molar-refractivity contribution is 5.34. The highest BCUT2D eigenvalue weighted by Crippen LogP contribution is 2.12. The average molecular weight is 247 g/mol. The zero-order valence-electron chi connectivity index (χ0n) is 12.4. The van der Waals surface area contributed by atoms with Crippen LogP contribution in [-0.2, 0) is 0 Å². The van der Waals surface area contributed by atoms with Gasteiger partial charge in [0.15, 0.2) is 0 Å². The van der Waals surface area contributed by atoms with Gasteiger partial charge in [0, 0.05) is 0 Å². The summed E-state index contributed by atoms with van der Waals surface area (Å²) in [5, 5.41) is 8.68. The Hall–Kier alpha value is -1.53. The second-order valence-electron chi connectivity index (χ2n) is 4.22. The number of nitrogens with zero attached hydrogens (tertiary/aromatic N) is 2. The Morgan fingerprint density at radius 3 is 2.39 bits per heavy atom. The van der Waals surface area contributed by atoms with Gasteiger partial charge in [-0.3, -0.25) is 0 Å². The van der Waals surface area contributed by atoms with Crippen LogP contribution in [0.15, 0.2) is 24.3 Å². The highest BCUT2D eigenvalue weighted by Gasteiger charge is 1.99. The van der Waals surface area contributed by atoms with Crippen LogP contribution in [0.25, 0.3) is 0 Å². The van der Waals surface area contributed by atoms with Crippen molar-refractivity contribution in [3.05, 3.63) is 29.8 Å². The van der Waals surface area contributed by atoms with Gasteiger partial charge >= 0.3 is 1.43 Å². The molecule has 0 aliphatic heterocycles. The monoisotopic (exact) mass is 247 g/mol. The number of unbranched alkanes of at least 4 members (excludes halogenated alkanes) is 1. The summed E-state index contributed by atoms with van der Waals surface area (Å²) in [5.74, 6) is 0.844. The smallest absolute Gasteiger partial charge is 0.494 e. The molecule has 1 aromatic rings. The van der Waals surface area contributed by atoms with Crippen LogP contribution >= 0.6 is 0 Å². The van der Waals surface area contributed by atoms with Gasteiger partial charge in [0.05, 0.1) is 18.2 Å². The highest BCUT2D eigenvalue weighted by atomic mass is 16.5. The first-order chi connectivity index (χ1) is 8.80. The van der Waals surface area contributed by atoms with Gasteiger partial charge in [-0.2, -0.15) is 5.26 Å². The zero-order valence-corrected chi connectivity index (χ0v) is 11.4. The molecule has 0 radical (unpaired) electrons. The molecule has 0 saturated carbocycles. The van der Waals surface area contributed by atoms with Crippen LogP contribution in [0, 0.1) is 11.3 Å². The first kappa shape index (κ1) is 14.5. The average Bonchev–Trinajstić information content (AvgIpc) is 2.43. The summed E-state index contributed by atoms with van der Waals surface area (Å²) in [6.07, 6.45) is 2.23. The summed E-state index contributed by atoms with van der Waals surface area (Å²) in [6.45, 7) is 8.50. The lowest BCUT2D eigenvalue weighted by Crippen LogP contribution is -2.24. The molecule has 0 heterocycles. The van der Waals surface area contributed by atoms with Gasteiger partial charge in [-0.1, -0.05) is 13.8 Å². The van der Waals surface area contributed by atoms with E-state index >= 15 is 0 Å². The summed E-state index contributed by atoms with van der Waals surface area (Å²) in [6, 6.07) is 9.36. The SMILES string of the molecule is CCN(CC)CCCCOc1ccc(C#N)cc1.[H+]. The van der Waals surface area contributed by atoms with Crippen molar-refractivity contribution in [3.63, 3.8) is 0 Å². The van der Waals surface area contributed by atoms with Gasteiger partial charge in [-0.25, -0.2) is 0 Å². The molecule has 3 nitrogen and oxygen atoms in total. The Morgan fingerprint density at radius 2 is 1.83 bits per heavy atom. The Bertz CT molecular complexity index is 369. The van der Waals surface area contributed by atoms with Crippen molar-refractivity contribution in [1.82, 2.24) is 4.90 Å². The summed E-state index contributed by atoms with van der Waals surface area (Å²) < 4.78 is 5.63. The molecule has 3 heteroatoms. The Labute approximate surface area is 111 Å². The van der Waals surface area contributed by atoms with Gasteiger partial charge in [0.1, 0.15) is 5.75 Å². The molecule has 0 amide bonds. The van der Waals surface area contributed by atoms with E-state index in [0.29, 0.717) is 5.56 Å². The van der Waals surface area contributed by atoms with Gasteiger partial charge in [0.25, 0.3) is 0 Å². The molecule has 0 atom stereocenters. The first-order valence-electron chi connectivity index (χ1n) is 6.65. The van der Waals surface area contributed by atoms with E-state index in [1.54, 1.807) is 12.1 Å². The summed E-state index contributed by atoms with van der Waals surface area (Å²) >= 11 is 0. The fourth-order valence-corrected chi connectivity index (χ4v) is 1.79. The van der Waals surface area contributed by atoms with Gasteiger partial charge < -0.3 is 9.64 Å². The van der Waals surface area contributed by atoms with Crippen LogP contribution in [0.2, 0.25) is 0 Å². The third kappa shape index (κ3) is 5.20. The molecule has 1 aromatic carbocycles. The molecule has 98 valence electrons. The normalized spacial score (nSPS) is 10.3. The molecule has 1 rings (SSSR count). The lowest BCUT2D eigenvalue weighted by atomic mass is 10.2. The van der Waals surface area contributed by atoms with Crippen molar-refractivity contribution < 1.29 is 6.16 Å². The lowest BCUT2D eigenvalue weighted by Gasteiger charge is -2.17. The number of hydrogen-bond acceptors (Lipinski definition) is 3. The van der Waals surface area contributed by atoms with Gasteiger partial charge in [-0.05, 0) is 56.7 Å². The Morgan fingerprint density at radius 1 is 1.17 bits per heavy atom. The predicted molar refractivity (Wildman–Crippen MR) is 74.8 cm³/mol. The third-order valence-electron chi connectivity index (χ3n) is 3.02. The molecule has 0 aliphatic rings. The van der Waals surface area contributed by atoms with Gasteiger partial charge in [-0.15, -0.1) is 0 Å². The number of ether oxygens (including phenoxy) is 1. The van der Waals surface area contributed by atoms with Gasteiger partial charge in [0.2, 0.25) is 0 Å². The summed E-state index contributed by atoms with van der Waals surface area (Å²) in [4.78, 5) is 2.42. The zero-order chi connectivity index (χ0) is 13.2. The van der Waals surface area contributed by atoms with E-state index in [-0.39, 0.29) is 1.43 Å². The van der Waals surface area contributed by atoms with Crippen molar-refractivity contribution >= 4 is 0 Å². The van der Waals surface area contributed by atoms with Crippen molar-refractivity contribution in [2.24, 2.45) is 0 Å². The summed E-state index contributed by atoms with van der Waals surface area (Å²) in [5.41, 5.74) is 0.670. The maximum absolute atomic E-state index is 8.68. The van der Waals surface area contributed by atoms with Crippen LogP contribution in [0.5, 0.6) is 5.75 Å². The number of hydrogen-bond donors (Lipinski definition) is 0. The molecule has 0 aromatic heterocycles. The van der Waals surface area contributed by atoms with Crippen molar-refractivity contribution in [1.29, 1.82) is 5.26 Å². The Balaban J connectivity index is 0.00000324.